The summed E-state index contributed by atoms with van der Waals surface area (Å²) in [6.07, 6.45) is -1.05. The highest BCUT2D eigenvalue weighted by Gasteiger charge is 2.29. The summed E-state index contributed by atoms with van der Waals surface area (Å²) in [5, 5.41) is 3.02. The molecule has 2 atom stereocenters. The molecule has 0 aliphatic carbocycles. The van der Waals surface area contributed by atoms with Gasteiger partial charge in [-0.25, -0.2) is 4.79 Å². The fraction of sp³-hybridized carbons (Fsp3) is 0.833. The lowest BCUT2D eigenvalue weighted by Gasteiger charge is -2.15. The summed E-state index contributed by atoms with van der Waals surface area (Å²) < 4.78 is 9.80. The maximum Gasteiger partial charge on any atom is 0.404 e. The number of hydrogen-bond acceptors (Lipinski definition) is 4. The Morgan fingerprint density at radius 3 is 2.73 bits per heavy atom. The molecule has 0 unspecified atom stereocenters. The smallest absolute Gasteiger partial charge is 0.404 e. The van der Waals surface area contributed by atoms with Crippen molar-refractivity contribution in [2.75, 3.05) is 20.2 Å². The van der Waals surface area contributed by atoms with Gasteiger partial charge in [-0.1, -0.05) is 0 Å². The Morgan fingerprint density at radius 1 is 1.55 bits per heavy atom. The van der Waals surface area contributed by atoms with Gasteiger partial charge < -0.3 is 20.5 Å². The van der Waals surface area contributed by atoms with Crippen LogP contribution < -0.4 is 11.1 Å². The van der Waals surface area contributed by atoms with E-state index in [9.17, 15) is 4.79 Å². The van der Waals surface area contributed by atoms with Crippen LogP contribution in [0.4, 0.5) is 4.79 Å². The summed E-state index contributed by atoms with van der Waals surface area (Å²) in [6, 6.07) is 0. The summed E-state index contributed by atoms with van der Waals surface area (Å²) in [5.41, 5.74) is 4.84. The van der Waals surface area contributed by atoms with E-state index in [1.54, 1.807) is 7.11 Å². The van der Waals surface area contributed by atoms with Crippen molar-refractivity contribution in [1.82, 2.24) is 5.32 Å². The van der Waals surface area contributed by atoms with Crippen LogP contribution in [0.15, 0.2) is 0 Å². The molecule has 64 valence electrons. The molecule has 0 aromatic rings. The Bertz CT molecular complexity index is 151. The molecule has 0 aromatic carbocycles. The normalized spacial score (nSPS) is 30.3. The predicted octanol–water partition coefficient (Wildman–Crippen LogP) is -0.931. The lowest BCUT2D eigenvalue weighted by Crippen LogP contribution is -2.33. The number of rotatable bonds is 2. The molecular weight excluding hydrogens is 148 g/mol. The zero-order chi connectivity index (χ0) is 8.27. The Labute approximate surface area is 64.8 Å². The Hall–Kier alpha value is -0.810. The number of hydrogen-bond donors (Lipinski definition) is 2. The highest BCUT2D eigenvalue weighted by molar-refractivity contribution is 5.64. The van der Waals surface area contributed by atoms with Crippen molar-refractivity contribution < 1.29 is 14.3 Å². The first kappa shape index (κ1) is 8.29. The van der Waals surface area contributed by atoms with Crippen molar-refractivity contribution in [2.45, 2.75) is 12.2 Å². The highest BCUT2D eigenvalue weighted by Crippen LogP contribution is 2.07. The Kier molecular flexibility index (Phi) is 2.67. The van der Waals surface area contributed by atoms with Crippen LogP contribution in [-0.2, 0) is 9.47 Å². The third-order valence-electron chi connectivity index (χ3n) is 1.68. The van der Waals surface area contributed by atoms with Crippen molar-refractivity contribution in [1.29, 1.82) is 0 Å². The molecule has 0 saturated carbocycles. The van der Waals surface area contributed by atoms with E-state index >= 15 is 0 Å². The van der Waals surface area contributed by atoms with Crippen LogP contribution in [0.1, 0.15) is 0 Å². The van der Waals surface area contributed by atoms with Gasteiger partial charge in [0.1, 0.15) is 12.2 Å². The Balaban J connectivity index is 2.37. The second kappa shape index (κ2) is 3.54. The minimum Gasteiger partial charge on any atom is -0.442 e. The molecule has 0 bridgehead atoms. The molecule has 1 fully saturated rings. The molecule has 1 rings (SSSR count). The zero-order valence-corrected chi connectivity index (χ0v) is 6.37. The van der Waals surface area contributed by atoms with Crippen molar-refractivity contribution >= 4 is 6.09 Å². The molecule has 3 N–H and O–H groups in total. The number of primary amides is 1. The number of amides is 1. The minimum absolute atomic E-state index is 0.0671. The van der Waals surface area contributed by atoms with Crippen LogP contribution in [0.5, 0.6) is 0 Å². The third-order valence-corrected chi connectivity index (χ3v) is 1.68. The maximum absolute atomic E-state index is 10.3. The van der Waals surface area contributed by atoms with Gasteiger partial charge in [0.25, 0.3) is 0 Å². The molecule has 1 saturated heterocycles. The maximum atomic E-state index is 10.3. The molecule has 1 heterocycles. The van der Waals surface area contributed by atoms with E-state index in [2.05, 4.69) is 5.32 Å². The van der Waals surface area contributed by atoms with E-state index in [0.29, 0.717) is 13.1 Å². The van der Waals surface area contributed by atoms with Gasteiger partial charge in [-0.2, -0.15) is 0 Å². The van der Waals surface area contributed by atoms with E-state index < -0.39 is 6.09 Å². The van der Waals surface area contributed by atoms with E-state index in [1.165, 1.54) is 0 Å². The number of nitrogens with one attached hydrogen (secondary N) is 1. The molecular formula is C6H12N2O3. The molecule has 11 heavy (non-hydrogen) atoms. The molecule has 1 aliphatic rings. The monoisotopic (exact) mass is 160 g/mol. The first-order valence-electron chi connectivity index (χ1n) is 3.43. The molecule has 5 nitrogen and oxygen atoms in total. The van der Waals surface area contributed by atoms with Crippen molar-refractivity contribution in [3.05, 3.63) is 0 Å². The number of ether oxygens (including phenoxy) is 2. The van der Waals surface area contributed by atoms with Crippen LogP contribution in [0.25, 0.3) is 0 Å². The first-order valence-corrected chi connectivity index (χ1v) is 3.43. The first-order chi connectivity index (χ1) is 5.24. The van der Waals surface area contributed by atoms with Gasteiger partial charge in [0, 0.05) is 20.2 Å². The zero-order valence-electron chi connectivity index (χ0n) is 6.37. The fourth-order valence-electron chi connectivity index (χ4n) is 1.13. The average Bonchev–Trinajstić information content (AvgIpc) is 2.34. The van der Waals surface area contributed by atoms with Gasteiger partial charge in [-0.3, -0.25) is 0 Å². The average molecular weight is 160 g/mol. The van der Waals surface area contributed by atoms with Crippen LogP contribution in [0.3, 0.4) is 0 Å². The number of nitrogens with two attached hydrogens (primary N) is 1. The van der Waals surface area contributed by atoms with Gasteiger partial charge in [0.15, 0.2) is 0 Å². The Morgan fingerprint density at radius 2 is 2.18 bits per heavy atom. The summed E-state index contributed by atoms with van der Waals surface area (Å²) in [7, 11) is 1.58. The molecule has 5 heteroatoms. The second-order valence-corrected chi connectivity index (χ2v) is 2.41. The van der Waals surface area contributed by atoms with E-state index in [0.717, 1.165) is 0 Å². The number of methoxy groups -OCH3 is 1. The van der Waals surface area contributed by atoms with E-state index in [-0.39, 0.29) is 12.2 Å². The van der Waals surface area contributed by atoms with Gasteiger partial charge in [-0.15, -0.1) is 0 Å². The summed E-state index contributed by atoms with van der Waals surface area (Å²) in [4.78, 5) is 10.3. The van der Waals surface area contributed by atoms with Crippen molar-refractivity contribution in [3.8, 4) is 0 Å². The summed E-state index contributed by atoms with van der Waals surface area (Å²) in [6.45, 7) is 1.32. The quantitative estimate of drug-likeness (QED) is 0.547. The summed E-state index contributed by atoms with van der Waals surface area (Å²) in [5.74, 6) is 0. The summed E-state index contributed by atoms with van der Waals surface area (Å²) >= 11 is 0. The SMILES string of the molecule is CO[C@@H]1CNC[C@H]1OC(N)=O. The molecule has 1 amide bonds. The van der Waals surface area contributed by atoms with Crippen LogP contribution in [0.2, 0.25) is 0 Å². The van der Waals surface area contributed by atoms with Gasteiger partial charge in [0.2, 0.25) is 0 Å². The predicted molar refractivity (Wildman–Crippen MR) is 38.1 cm³/mol. The molecule has 0 radical (unpaired) electrons. The largest absolute Gasteiger partial charge is 0.442 e. The fourth-order valence-corrected chi connectivity index (χ4v) is 1.13. The minimum atomic E-state index is -0.749. The van der Waals surface area contributed by atoms with E-state index in [4.69, 9.17) is 15.2 Å². The van der Waals surface area contributed by atoms with Gasteiger partial charge in [-0.05, 0) is 0 Å². The van der Waals surface area contributed by atoms with Gasteiger partial charge >= 0.3 is 6.09 Å². The van der Waals surface area contributed by atoms with Crippen LogP contribution in [0, 0.1) is 0 Å². The number of carbonyl (C=O) groups excluding carboxylic acids is 1. The topological polar surface area (TPSA) is 73.6 Å². The highest BCUT2D eigenvalue weighted by atomic mass is 16.6. The molecule has 0 aromatic heterocycles. The van der Waals surface area contributed by atoms with E-state index in [1.807, 2.05) is 0 Å². The van der Waals surface area contributed by atoms with Crippen molar-refractivity contribution in [2.24, 2.45) is 5.73 Å². The molecule has 1 aliphatic heterocycles. The van der Waals surface area contributed by atoms with Gasteiger partial charge in [0.05, 0.1) is 0 Å². The van der Waals surface area contributed by atoms with Crippen LogP contribution in [-0.4, -0.2) is 38.5 Å². The van der Waals surface area contributed by atoms with Crippen molar-refractivity contribution in [3.63, 3.8) is 0 Å². The second-order valence-electron chi connectivity index (χ2n) is 2.41. The third kappa shape index (κ3) is 2.06. The lowest BCUT2D eigenvalue weighted by molar-refractivity contribution is 0.0104. The standard InChI is InChI=1S/C6H12N2O3/c1-10-4-2-8-3-5(4)11-6(7)9/h4-5,8H,2-3H2,1H3,(H2,7,9)/t4-,5-/m1/s1. The number of carbonyl (C=O) groups is 1. The lowest BCUT2D eigenvalue weighted by atomic mass is 10.2. The molecule has 0 spiro atoms. The van der Waals surface area contributed by atoms with Crippen LogP contribution >= 0.6 is 0 Å².